The summed E-state index contributed by atoms with van der Waals surface area (Å²) >= 11 is 0. The third kappa shape index (κ3) is 8.72. The summed E-state index contributed by atoms with van der Waals surface area (Å²) in [5, 5.41) is 0. The normalized spacial score (nSPS) is 12.1. The van der Waals surface area contributed by atoms with Crippen molar-refractivity contribution in [1.29, 1.82) is 0 Å². The summed E-state index contributed by atoms with van der Waals surface area (Å²) in [5.41, 5.74) is 3.58. The number of ether oxygens (including phenoxy) is 2. The van der Waals surface area contributed by atoms with Gasteiger partial charge in [0.05, 0.1) is 6.10 Å². The van der Waals surface area contributed by atoms with Crippen LogP contribution in [0.5, 0.6) is 5.75 Å². The number of nitrogens with zero attached hydrogens (tertiary/aromatic N) is 2. The highest BCUT2D eigenvalue weighted by Gasteiger charge is 2.07. The SMILES string of the molecule is C=CCOc1ccc(-c2ccc(-c3ncc(/C=C/CCCC(C)OCCCCC)cn3)cc2)cc1F. The van der Waals surface area contributed by atoms with E-state index in [2.05, 4.69) is 42.5 Å². The van der Waals surface area contributed by atoms with Gasteiger partial charge < -0.3 is 9.47 Å². The van der Waals surface area contributed by atoms with Gasteiger partial charge in [0.15, 0.2) is 17.4 Å². The number of allylic oxidation sites excluding steroid dienone is 1. The molecular formula is C31H37FN2O2. The van der Waals surface area contributed by atoms with Crippen LogP contribution in [-0.4, -0.2) is 29.3 Å². The van der Waals surface area contributed by atoms with Crippen molar-refractivity contribution < 1.29 is 13.9 Å². The van der Waals surface area contributed by atoms with Crippen LogP contribution in [-0.2, 0) is 4.74 Å². The molecule has 3 rings (SSSR count). The van der Waals surface area contributed by atoms with E-state index in [1.165, 1.54) is 18.9 Å². The first-order valence-corrected chi connectivity index (χ1v) is 12.8. The largest absolute Gasteiger partial charge is 0.486 e. The van der Waals surface area contributed by atoms with Crippen molar-refractivity contribution in [2.45, 2.75) is 58.5 Å². The van der Waals surface area contributed by atoms with Gasteiger partial charge in [-0.3, -0.25) is 0 Å². The molecule has 2 aromatic carbocycles. The average molecular weight is 489 g/mol. The summed E-state index contributed by atoms with van der Waals surface area (Å²) in [5.74, 6) is 0.488. The fraction of sp³-hybridized carbons (Fsp3) is 0.355. The van der Waals surface area contributed by atoms with Gasteiger partial charge in [-0.15, -0.1) is 0 Å². The molecule has 0 radical (unpaired) electrons. The minimum Gasteiger partial charge on any atom is -0.486 e. The van der Waals surface area contributed by atoms with Crippen molar-refractivity contribution >= 4 is 6.08 Å². The Morgan fingerprint density at radius 3 is 2.39 bits per heavy atom. The van der Waals surface area contributed by atoms with Gasteiger partial charge in [0.2, 0.25) is 0 Å². The zero-order valence-corrected chi connectivity index (χ0v) is 21.5. The number of benzene rings is 2. The summed E-state index contributed by atoms with van der Waals surface area (Å²) in [7, 11) is 0. The number of unbranched alkanes of at least 4 members (excludes halogenated alkanes) is 3. The molecule has 0 aliphatic rings. The van der Waals surface area contributed by atoms with Crippen LogP contribution in [0.1, 0.15) is 57.9 Å². The summed E-state index contributed by atoms with van der Waals surface area (Å²) in [6.07, 6.45) is 16.6. The fourth-order valence-corrected chi connectivity index (χ4v) is 3.79. The molecule has 4 nitrogen and oxygen atoms in total. The highest BCUT2D eigenvalue weighted by Crippen LogP contribution is 2.27. The lowest BCUT2D eigenvalue weighted by molar-refractivity contribution is 0.0566. The van der Waals surface area contributed by atoms with E-state index in [1.807, 2.05) is 42.7 Å². The van der Waals surface area contributed by atoms with Gasteiger partial charge in [-0.05, 0) is 55.9 Å². The van der Waals surface area contributed by atoms with Gasteiger partial charge in [-0.2, -0.15) is 0 Å². The molecule has 0 aliphatic heterocycles. The molecular weight excluding hydrogens is 451 g/mol. The van der Waals surface area contributed by atoms with Gasteiger partial charge in [-0.1, -0.05) is 74.9 Å². The monoisotopic (exact) mass is 488 g/mol. The zero-order valence-electron chi connectivity index (χ0n) is 21.5. The molecule has 1 unspecified atom stereocenters. The van der Waals surface area contributed by atoms with Crippen LogP contribution >= 0.6 is 0 Å². The fourth-order valence-electron chi connectivity index (χ4n) is 3.79. The molecule has 0 spiro atoms. The molecule has 36 heavy (non-hydrogen) atoms. The van der Waals surface area contributed by atoms with E-state index in [-0.39, 0.29) is 12.4 Å². The Balaban J connectivity index is 1.49. The number of hydrogen-bond donors (Lipinski definition) is 0. The number of halogens is 1. The Hall–Kier alpha value is -3.31. The molecule has 1 heterocycles. The van der Waals surface area contributed by atoms with Crippen molar-refractivity contribution in [2.75, 3.05) is 13.2 Å². The first-order chi connectivity index (χ1) is 17.6. The molecule has 5 heteroatoms. The number of hydrogen-bond acceptors (Lipinski definition) is 4. The van der Waals surface area contributed by atoms with Crippen LogP contribution in [0, 0.1) is 5.82 Å². The van der Waals surface area contributed by atoms with E-state index < -0.39 is 5.82 Å². The standard InChI is InChI=1S/C31H37FN2O2/c1-4-6-10-20-35-24(3)11-8-7-9-12-25-22-33-31(34-23-25)27-15-13-26(14-16-27)28-17-18-30(29(32)21-28)36-19-5-2/h5,9,12-18,21-24H,2,4,6-8,10-11,19-20H2,1,3H3/b12-9+. The van der Waals surface area contributed by atoms with Crippen LogP contribution < -0.4 is 4.74 Å². The van der Waals surface area contributed by atoms with Crippen LogP contribution in [0.3, 0.4) is 0 Å². The molecule has 0 N–H and O–H groups in total. The van der Waals surface area contributed by atoms with Crippen molar-refractivity contribution in [1.82, 2.24) is 9.97 Å². The minimum absolute atomic E-state index is 0.221. The molecule has 190 valence electrons. The van der Waals surface area contributed by atoms with Gasteiger partial charge in [-0.25, -0.2) is 14.4 Å². The van der Waals surface area contributed by atoms with Gasteiger partial charge in [0.1, 0.15) is 6.61 Å². The summed E-state index contributed by atoms with van der Waals surface area (Å²) in [6.45, 7) is 9.09. The third-order valence-electron chi connectivity index (χ3n) is 5.88. The third-order valence-corrected chi connectivity index (χ3v) is 5.88. The maximum atomic E-state index is 14.3. The first kappa shape index (κ1) is 27.3. The van der Waals surface area contributed by atoms with E-state index in [9.17, 15) is 4.39 Å². The maximum absolute atomic E-state index is 14.3. The predicted octanol–water partition coefficient (Wildman–Crippen LogP) is 8.29. The van der Waals surface area contributed by atoms with E-state index in [0.717, 1.165) is 54.5 Å². The second-order valence-corrected chi connectivity index (χ2v) is 8.88. The molecule has 1 aromatic heterocycles. The molecule has 0 amide bonds. The van der Waals surface area contributed by atoms with Crippen LogP contribution in [0.4, 0.5) is 4.39 Å². The van der Waals surface area contributed by atoms with Crippen LogP contribution in [0.2, 0.25) is 0 Å². The Bertz CT molecular complexity index is 1090. The molecule has 1 atom stereocenters. The Morgan fingerprint density at radius 1 is 0.972 bits per heavy atom. The average Bonchev–Trinajstić information content (AvgIpc) is 2.91. The Morgan fingerprint density at radius 2 is 1.69 bits per heavy atom. The van der Waals surface area contributed by atoms with Crippen LogP contribution in [0.15, 0.2) is 73.6 Å². The van der Waals surface area contributed by atoms with E-state index >= 15 is 0 Å². The predicted molar refractivity (Wildman–Crippen MR) is 146 cm³/mol. The summed E-state index contributed by atoms with van der Waals surface area (Å²) in [4.78, 5) is 9.03. The smallest absolute Gasteiger partial charge is 0.165 e. The van der Waals surface area contributed by atoms with Crippen molar-refractivity contribution in [3.8, 4) is 28.3 Å². The molecule has 0 saturated carbocycles. The highest BCUT2D eigenvalue weighted by atomic mass is 19.1. The minimum atomic E-state index is -0.393. The van der Waals surface area contributed by atoms with E-state index in [0.29, 0.717) is 11.9 Å². The first-order valence-electron chi connectivity index (χ1n) is 12.8. The zero-order chi connectivity index (χ0) is 25.6. The topological polar surface area (TPSA) is 44.2 Å². The van der Waals surface area contributed by atoms with Gasteiger partial charge in [0.25, 0.3) is 0 Å². The van der Waals surface area contributed by atoms with Crippen molar-refractivity contribution in [2.24, 2.45) is 0 Å². The maximum Gasteiger partial charge on any atom is 0.165 e. The van der Waals surface area contributed by atoms with Crippen molar-refractivity contribution in [3.05, 3.63) is 85.0 Å². The number of rotatable bonds is 15. The van der Waals surface area contributed by atoms with Crippen LogP contribution in [0.25, 0.3) is 28.6 Å². The van der Waals surface area contributed by atoms with E-state index in [4.69, 9.17) is 9.47 Å². The quantitative estimate of drug-likeness (QED) is 0.159. The second-order valence-electron chi connectivity index (χ2n) is 8.88. The van der Waals surface area contributed by atoms with Crippen molar-refractivity contribution in [3.63, 3.8) is 0 Å². The second kappa shape index (κ2) is 14.9. The molecule has 0 fully saturated rings. The lowest BCUT2D eigenvalue weighted by Crippen LogP contribution is -2.08. The van der Waals surface area contributed by atoms with Gasteiger partial charge in [0, 0.05) is 30.1 Å². The molecule has 0 saturated heterocycles. The Kier molecular flexibility index (Phi) is 11.3. The molecule has 3 aromatic rings. The van der Waals surface area contributed by atoms with Gasteiger partial charge >= 0.3 is 0 Å². The lowest BCUT2D eigenvalue weighted by Gasteiger charge is -2.11. The highest BCUT2D eigenvalue weighted by molar-refractivity contribution is 5.68. The molecule has 0 aliphatic carbocycles. The lowest BCUT2D eigenvalue weighted by atomic mass is 10.0. The molecule has 0 bridgehead atoms. The summed E-state index contributed by atoms with van der Waals surface area (Å²) < 4.78 is 25.4. The summed E-state index contributed by atoms with van der Waals surface area (Å²) in [6, 6.07) is 12.7. The Labute approximate surface area is 214 Å². The number of aromatic nitrogens is 2. The van der Waals surface area contributed by atoms with E-state index in [1.54, 1.807) is 12.1 Å².